The molecular weight excluding hydrogens is 344 g/mol. The highest BCUT2D eigenvalue weighted by Crippen LogP contribution is 2.31. The van der Waals surface area contributed by atoms with E-state index in [-0.39, 0.29) is 12.5 Å². The van der Waals surface area contributed by atoms with Crippen LogP contribution >= 0.6 is 0 Å². The van der Waals surface area contributed by atoms with Crippen LogP contribution < -0.4 is 14.8 Å². The number of amides is 1. The Hall–Kier alpha value is -2.57. The van der Waals surface area contributed by atoms with E-state index in [1.165, 1.54) is 5.56 Å². The lowest BCUT2D eigenvalue weighted by atomic mass is 10.1. The highest BCUT2D eigenvalue weighted by Gasteiger charge is 2.27. The summed E-state index contributed by atoms with van der Waals surface area (Å²) in [6.45, 7) is 4.88. The van der Waals surface area contributed by atoms with Gasteiger partial charge in [0.05, 0.1) is 13.2 Å². The Balaban J connectivity index is 1.28. The Morgan fingerprint density at radius 2 is 1.78 bits per heavy atom. The molecule has 1 N–H and O–H groups in total. The van der Waals surface area contributed by atoms with Crippen molar-refractivity contribution in [1.82, 2.24) is 4.90 Å². The second kappa shape index (κ2) is 8.41. The second-order valence-corrected chi connectivity index (χ2v) is 6.75. The largest absolute Gasteiger partial charge is 0.485 e. The Labute approximate surface area is 159 Å². The predicted octanol–water partition coefficient (Wildman–Crippen LogP) is 2.34. The van der Waals surface area contributed by atoms with Gasteiger partial charge in [-0.1, -0.05) is 24.3 Å². The van der Waals surface area contributed by atoms with Crippen molar-refractivity contribution in [3.05, 3.63) is 54.1 Å². The minimum absolute atomic E-state index is 0.203. The molecule has 0 spiro atoms. The van der Waals surface area contributed by atoms with Crippen molar-refractivity contribution in [2.75, 3.05) is 44.8 Å². The van der Waals surface area contributed by atoms with Gasteiger partial charge in [-0.3, -0.25) is 9.69 Å². The van der Waals surface area contributed by atoms with Crippen molar-refractivity contribution in [1.29, 1.82) is 0 Å². The maximum atomic E-state index is 12.5. The Kier molecular flexibility index (Phi) is 5.55. The molecule has 0 bridgehead atoms. The molecule has 2 aliphatic rings. The van der Waals surface area contributed by atoms with Gasteiger partial charge in [0.2, 0.25) is 6.10 Å². The smallest absolute Gasteiger partial charge is 0.269 e. The van der Waals surface area contributed by atoms with E-state index >= 15 is 0 Å². The molecule has 6 nitrogen and oxygen atoms in total. The highest BCUT2D eigenvalue weighted by molar-refractivity contribution is 5.94. The van der Waals surface area contributed by atoms with Gasteiger partial charge in [0.25, 0.3) is 5.91 Å². The number of fused-ring (bicyclic) bond motifs is 1. The first-order chi connectivity index (χ1) is 13.3. The van der Waals surface area contributed by atoms with E-state index in [4.69, 9.17) is 14.2 Å². The van der Waals surface area contributed by atoms with Crippen molar-refractivity contribution in [3.8, 4) is 11.5 Å². The summed E-state index contributed by atoms with van der Waals surface area (Å²) in [6.07, 6.45) is 0.339. The normalized spacial score (nSPS) is 19.5. The van der Waals surface area contributed by atoms with Crippen molar-refractivity contribution >= 4 is 11.6 Å². The lowest BCUT2D eigenvalue weighted by Crippen LogP contribution is -2.40. The van der Waals surface area contributed by atoms with Crippen LogP contribution in [0, 0.1) is 0 Å². The van der Waals surface area contributed by atoms with Crippen LogP contribution in [0.25, 0.3) is 0 Å². The number of benzene rings is 2. The molecule has 6 heteroatoms. The van der Waals surface area contributed by atoms with Gasteiger partial charge in [-0.25, -0.2) is 0 Å². The van der Waals surface area contributed by atoms with Crippen LogP contribution in [-0.2, 0) is 16.0 Å². The molecule has 1 amide bonds. The summed E-state index contributed by atoms with van der Waals surface area (Å²) >= 11 is 0. The number of anilines is 1. The fourth-order valence-corrected chi connectivity index (χ4v) is 3.24. The van der Waals surface area contributed by atoms with E-state index in [1.54, 1.807) is 6.07 Å². The molecule has 1 atom stereocenters. The molecule has 0 aliphatic carbocycles. The summed E-state index contributed by atoms with van der Waals surface area (Å²) in [5.41, 5.74) is 2.02. The topological polar surface area (TPSA) is 60.0 Å². The lowest BCUT2D eigenvalue weighted by molar-refractivity contribution is -0.125. The highest BCUT2D eigenvalue weighted by atomic mass is 16.6. The monoisotopic (exact) mass is 368 g/mol. The zero-order chi connectivity index (χ0) is 18.5. The fourth-order valence-electron chi connectivity index (χ4n) is 3.24. The maximum absolute atomic E-state index is 12.5. The maximum Gasteiger partial charge on any atom is 0.269 e. The van der Waals surface area contributed by atoms with Crippen molar-refractivity contribution < 1.29 is 19.0 Å². The van der Waals surface area contributed by atoms with Crippen LogP contribution in [-0.4, -0.2) is 56.4 Å². The molecule has 2 aromatic rings. The summed E-state index contributed by atoms with van der Waals surface area (Å²) in [4.78, 5) is 14.9. The lowest BCUT2D eigenvalue weighted by Gasteiger charge is -2.26. The summed E-state index contributed by atoms with van der Waals surface area (Å²) < 4.78 is 16.7. The van der Waals surface area contributed by atoms with Gasteiger partial charge in [-0.2, -0.15) is 0 Å². The van der Waals surface area contributed by atoms with E-state index in [0.29, 0.717) is 11.5 Å². The number of morpholine rings is 1. The third kappa shape index (κ3) is 4.59. The summed E-state index contributed by atoms with van der Waals surface area (Å²) in [6, 6.07) is 15.4. The van der Waals surface area contributed by atoms with E-state index in [2.05, 4.69) is 22.3 Å². The van der Waals surface area contributed by atoms with Crippen LogP contribution in [0.15, 0.2) is 48.5 Å². The first-order valence-electron chi connectivity index (χ1n) is 9.36. The summed E-state index contributed by atoms with van der Waals surface area (Å²) in [7, 11) is 0. The predicted molar refractivity (Wildman–Crippen MR) is 102 cm³/mol. The van der Waals surface area contributed by atoms with Gasteiger partial charge in [0.15, 0.2) is 11.5 Å². The third-order valence-corrected chi connectivity index (χ3v) is 4.84. The Bertz CT molecular complexity index is 772. The van der Waals surface area contributed by atoms with Crippen LogP contribution in [0.3, 0.4) is 0 Å². The standard InChI is InChI=1S/C21H24N2O4/c24-21(20-15-26-18-3-1-2-4-19(18)27-20)22-17-7-5-16(6-8-17)9-10-23-11-13-25-14-12-23/h1-8,20H,9-15H2,(H,22,24). The summed E-state index contributed by atoms with van der Waals surface area (Å²) in [5, 5.41) is 2.90. The minimum Gasteiger partial charge on any atom is -0.485 e. The third-order valence-electron chi connectivity index (χ3n) is 4.84. The number of rotatable bonds is 5. The number of hydrogen-bond acceptors (Lipinski definition) is 5. The number of nitrogens with zero attached hydrogens (tertiary/aromatic N) is 1. The van der Waals surface area contributed by atoms with Gasteiger partial charge in [-0.05, 0) is 36.2 Å². The summed E-state index contributed by atoms with van der Waals surface area (Å²) in [5.74, 6) is 1.07. The number of nitrogens with one attached hydrogen (secondary N) is 1. The molecule has 27 heavy (non-hydrogen) atoms. The van der Waals surface area contributed by atoms with Crippen LogP contribution in [0.4, 0.5) is 5.69 Å². The number of ether oxygens (including phenoxy) is 3. The molecule has 0 aromatic heterocycles. The average Bonchev–Trinajstić information content (AvgIpc) is 2.73. The van der Waals surface area contributed by atoms with Crippen LogP contribution in [0.2, 0.25) is 0 Å². The molecule has 2 aliphatic heterocycles. The Morgan fingerprint density at radius 1 is 1.04 bits per heavy atom. The van der Waals surface area contributed by atoms with E-state index < -0.39 is 6.10 Å². The molecule has 4 rings (SSSR count). The molecule has 1 saturated heterocycles. The first-order valence-corrected chi connectivity index (χ1v) is 9.36. The number of hydrogen-bond donors (Lipinski definition) is 1. The zero-order valence-electron chi connectivity index (χ0n) is 15.2. The molecule has 0 saturated carbocycles. The molecule has 1 fully saturated rings. The Morgan fingerprint density at radius 3 is 2.56 bits per heavy atom. The van der Waals surface area contributed by atoms with Crippen molar-refractivity contribution in [3.63, 3.8) is 0 Å². The fraction of sp³-hybridized carbons (Fsp3) is 0.381. The van der Waals surface area contributed by atoms with Crippen LogP contribution in [0.5, 0.6) is 11.5 Å². The van der Waals surface area contributed by atoms with Gasteiger partial charge < -0.3 is 19.5 Å². The first kappa shape index (κ1) is 17.8. The van der Waals surface area contributed by atoms with Gasteiger partial charge >= 0.3 is 0 Å². The van der Waals surface area contributed by atoms with Crippen LogP contribution in [0.1, 0.15) is 5.56 Å². The molecule has 142 valence electrons. The van der Waals surface area contributed by atoms with Crippen molar-refractivity contribution in [2.24, 2.45) is 0 Å². The zero-order valence-corrected chi connectivity index (χ0v) is 15.2. The van der Waals surface area contributed by atoms with E-state index in [1.807, 2.05) is 30.3 Å². The minimum atomic E-state index is -0.652. The number of para-hydroxylation sites is 2. The quantitative estimate of drug-likeness (QED) is 0.878. The average molecular weight is 368 g/mol. The number of carbonyl (C=O) groups is 1. The molecule has 2 aromatic carbocycles. The molecule has 0 radical (unpaired) electrons. The second-order valence-electron chi connectivity index (χ2n) is 6.75. The van der Waals surface area contributed by atoms with Gasteiger partial charge in [0, 0.05) is 25.3 Å². The molecule has 2 heterocycles. The molecular formula is C21H24N2O4. The van der Waals surface area contributed by atoms with Gasteiger partial charge in [-0.15, -0.1) is 0 Å². The number of carbonyl (C=O) groups excluding carboxylic acids is 1. The molecule has 1 unspecified atom stereocenters. The van der Waals surface area contributed by atoms with Gasteiger partial charge in [0.1, 0.15) is 6.61 Å². The van der Waals surface area contributed by atoms with E-state index in [9.17, 15) is 4.79 Å². The van der Waals surface area contributed by atoms with Crippen molar-refractivity contribution in [2.45, 2.75) is 12.5 Å². The SMILES string of the molecule is O=C(Nc1ccc(CCN2CCOCC2)cc1)C1COc2ccccc2O1. The van der Waals surface area contributed by atoms with E-state index in [0.717, 1.165) is 45.0 Å².